The number of hydrogen-bond donors (Lipinski definition) is 1. The summed E-state index contributed by atoms with van der Waals surface area (Å²) < 4.78 is 5.15. The molecule has 0 spiro atoms. The molecule has 2 saturated heterocycles. The SMILES string of the molecule is COc1csc(C(=O)N2CCC(C3CCCN3)CC2)c1. The first-order chi connectivity index (χ1) is 9.78. The minimum absolute atomic E-state index is 0.163. The number of ether oxygens (including phenoxy) is 1. The van der Waals surface area contributed by atoms with Gasteiger partial charge in [0.2, 0.25) is 0 Å². The third kappa shape index (κ3) is 2.83. The van der Waals surface area contributed by atoms with Crippen molar-refractivity contribution in [2.45, 2.75) is 31.7 Å². The van der Waals surface area contributed by atoms with Crippen LogP contribution in [0.15, 0.2) is 11.4 Å². The summed E-state index contributed by atoms with van der Waals surface area (Å²) in [4.78, 5) is 15.2. The number of thiophene rings is 1. The summed E-state index contributed by atoms with van der Waals surface area (Å²) in [6.07, 6.45) is 4.87. The van der Waals surface area contributed by atoms with Gasteiger partial charge in [-0.25, -0.2) is 0 Å². The van der Waals surface area contributed by atoms with Crippen molar-refractivity contribution in [1.82, 2.24) is 10.2 Å². The number of piperidine rings is 1. The van der Waals surface area contributed by atoms with E-state index in [2.05, 4.69) is 5.32 Å². The predicted molar refractivity (Wildman–Crippen MR) is 80.5 cm³/mol. The summed E-state index contributed by atoms with van der Waals surface area (Å²) in [6.45, 7) is 2.95. The Morgan fingerprint density at radius 2 is 2.20 bits per heavy atom. The third-order valence-electron chi connectivity index (χ3n) is 4.52. The summed E-state index contributed by atoms with van der Waals surface area (Å²) in [5.41, 5.74) is 0. The van der Waals surface area contributed by atoms with Crippen molar-refractivity contribution >= 4 is 17.2 Å². The highest BCUT2D eigenvalue weighted by Crippen LogP contribution is 2.28. The van der Waals surface area contributed by atoms with Gasteiger partial charge in [-0.3, -0.25) is 4.79 Å². The summed E-state index contributed by atoms with van der Waals surface area (Å²) in [5, 5.41) is 5.49. The Morgan fingerprint density at radius 1 is 1.40 bits per heavy atom. The van der Waals surface area contributed by atoms with E-state index >= 15 is 0 Å². The molecular formula is C15H22N2O2S. The molecule has 2 aliphatic rings. The second-order valence-corrected chi connectivity index (χ2v) is 6.59. The molecule has 1 aromatic rings. The number of hydrogen-bond acceptors (Lipinski definition) is 4. The van der Waals surface area contributed by atoms with Crippen LogP contribution < -0.4 is 10.1 Å². The molecule has 3 rings (SSSR count). The van der Waals surface area contributed by atoms with Gasteiger partial charge in [-0.1, -0.05) is 0 Å². The van der Waals surface area contributed by atoms with Gasteiger partial charge in [0, 0.05) is 30.6 Å². The van der Waals surface area contributed by atoms with Crippen LogP contribution in [0.25, 0.3) is 0 Å². The molecule has 4 nitrogen and oxygen atoms in total. The van der Waals surface area contributed by atoms with E-state index in [4.69, 9.17) is 4.74 Å². The number of methoxy groups -OCH3 is 1. The number of nitrogens with zero attached hydrogens (tertiary/aromatic N) is 1. The molecule has 2 aliphatic heterocycles. The Bertz CT molecular complexity index is 460. The van der Waals surface area contributed by atoms with Gasteiger partial charge in [-0.05, 0) is 38.1 Å². The summed E-state index contributed by atoms with van der Waals surface area (Å²) >= 11 is 1.47. The molecule has 0 saturated carbocycles. The summed E-state index contributed by atoms with van der Waals surface area (Å²) in [5.74, 6) is 1.69. The van der Waals surface area contributed by atoms with Crippen molar-refractivity contribution in [3.8, 4) is 5.75 Å². The van der Waals surface area contributed by atoms with Gasteiger partial charge < -0.3 is 15.0 Å². The van der Waals surface area contributed by atoms with Crippen LogP contribution in [0, 0.1) is 5.92 Å². The Balaban J connectivity index is 1.55. The molecule has 0 radical (unpaired) electrons. The van der Waals surface area contributed by atoms with Crippen LogP contribution in [0.2, 0.25) is 0 Å². The standard InChI is InChI=1S/C15H22N2O2S/c1-19-12-9-14(20-10-12)15(18)17-7-4-11(5-8-17)13-3-2-6-16-13/h9-11,13,16H,2-8H2,1H3. The highest BCUT2D eigenvalue weighted by molar-refractivity contribution is 7.12. The molecule has 0 bridgehead atoms. The predicted octanol–water partition coefficient (Wildman–Crippen LogP) is 2.36. The molecule has 3 heterocycles. The van der Waals surface area contributed by atoms with E-state index in [-0.39, 0.29) is 5.91 Å². The van der Waals surface area contributed by atoms with Crippen LogP contribution in [0.4, 0.5) is 0 Å². The molecule has 1 unspecified atom stereocenters. The van der Waals surface area contributed by atoms with Gasteiger partial charge >= 0.3 is 0 Å². The molecule has 1 atom stereocenters. The lowest BCUT2D eigenvalue weighted by molar-refractivity contribution is 0.0679. The van der Waals surface area contributed by atoms with Crippen molar-refractivity contribution in [2.24, 2.45) is 5.92 Å². The Kier molecular flexibility index (Phi) is 4.27. The van der Waals surface area contributed by atoms with Gasteiger partial charge in [0.25, 0.3) is 5.91 Å². The van der Waals surface area contributed by atoms with Crippen molar-refractivity contribution in [1.29, 1.82) is 0 Å². The molecule has 1 N–H and O–H groups in total. The van der Waals surface area contributed by atoms with E-state index in [0.717, 1.165) is 42.5 Å². The average Bonchev–Trinajstić information content (AvgIpc) is 3.18. The Labute approximate surface area is 124 Å². The minimum atomic E-state index is 0.163. The van der Waals surface area contributed by atoms with Gasteiger partial charge in [-0.2, -0.15) is 0 Å². The zero-order chi connectivity index (χ0) is 13.9. The van der Waals surface area contributed by atoms with E-state index < -0.39 is 0 Å². The summed E-state index contributed by atoms with van der Waals surface area (Å²) in [7, 11) is 1.64. The average molecular weight is 294 g/mol. The Hall–Kier alpha value is -1.07. The van der Waals surface area contributed by atoms with Gasteiger partial charge in [0.1, 0.15) is 5.75 Å². The number of rotatable bonds is 3. The smallest absolute Gasteiger partial charge is 0.264 e. The van der Waals surface area contributed by atoms with E-state index in [9.17, 15) is 4.79 Å². The van der Waals surface area contributed by atoms with Crippen LogP contribution in [-0.2, 0) is 0 Å². The molecule has 1 aromatic heterocycles. The van der Waals surface area contributed by atoms with E-state index in [1.165, 1.54) is 30.7 Å². The van der Waals surface area contributed by atoms with Gasteiger partial charge in [0.05, 0.1) is 12.0 Å². The number of carbonyl (C=O) groups is 1. The normalized spacial score (nSPS) is 24.1. The minimum Gasteiger partial charge on any atom is -0.496 e. The second-order valence-electron chi connectivity index (χ2n) is 5.68. The molecule has 20 heavy (non-hydrogen) atoms. The lowest BCUT2D eigenvalue weighted by Gasteiger charge is -2.34. The maximum atomic E-state index is 12.4. The van der Waals surface area contributed by atoms with Crippen LogP contribution >= 0.6 is 11.3 Å². The quantitative estimate of drug-likeness (QED) is 0.930. The van der Waals surface area contributed by atoms with Crippen molar-refractivity contribution in [3.05, 3.63) is 16.3 Å². The molecule has 1 amide bonds. The first kappa shape index (κ1) is 13.9. The zero-order valence-corrected chi connectivity index (χ0v) is 12.7. The lowest BCUT2D eigenvalue weighted by atomic mass is 9.88. The number of nitrogens with one attached hydrogen (secondary N) is 1. The van der Waals surface area contributed by atoms with Crippen LogP contribution in [0.1, 0.15) is 35.4 Å². The van der Waals surface area contributed by atoms with E-state index in [1.54, 1.807) is 7.11 Å². The Morgan fingerprint density at radius 3 is 2.80 bits per heavy atom. The molecule has 2 fully saturated rings. The fraction of sp³-hybridized carbons (Fsp3) is 0.667. The van der Waals surface area contributed by atoms with Crippen LogP contribution in [0.3, 0.4) is 0 Å². The number of amides is 1. The lowest BCUT2D eigenvalue weighted by Crippen LogP contribution is -2.43. The van der Waals surface area contributed by atoms with Crippen LogP contribution in [-0.4, -0.2) is 43.6 Å². The molecule has 110 valence electrons. The highest BCUT2D eigenvalue weighted by Gasteiger charge is 2.30. The monoisotopic (exact) mass is 294 g/mol. The van der Waals surface area contributed by atoms with Crippen LogP contribution in [0.5, 0.6) is 5.75 Å². The molecule has 5 heteroatoms. The van der Waals surface area contributed by atoms with Crippen molar-refractivity contribution in [2.75, 3.05) is 26.7 Å². The fourth-order valence-electron chi connectivity index (χ4n) is 3.31. The van der Waals surface area contributed by atoms with Crippen molar-refractivity contribution < 1.29 is 9.53 Å². The second kappa shape index (κ2) is 6.14. The maximum Gasteiger partial charge on any atom is 0.264 e. The highest BCUT2D eigenvalue weighted by atomic mass is 32.1. The van der Waals surface area contributed by atoms with Gasteiger partial charge in [0.15, 0.2) is 0 Å². The molecular weight excluding hydrogens is 272 g/mol. The fourth-order valence-corrected chi connectivity index (χ4v) is 4.13. The number of carbonyl (C=O) groups excluding carboxylic acids is 1. The maximum absolute atomic E-state index is 12.4. The first-order valence-electron chi connectivity index (χ1n) is 7.43. The molecule has 0 aromatic carbocycles. The number of likely N-dealkylation sites (tertiary alicyclic amines) is 1. The van der Waals surface area contributed by atoms with Gasteiger partial charge in [-0.15, -0.1) is 11.3 Å². The first-order valence-corrected chi connectivity index (χ1v) is 8.31. The van der Waals surface area contributed by atoms with E-state index in [0.29, 0.717) is 6.04 Å². The molecule has 0 aliphatic carbocycles. The topological polar surface area (TPSA) is 41.6 Å². The zero-order valence-electron chi connectivity index (χ0n) is 11.9. The van der Waals surface area contributed by atoms with Crippen molar-refractivity contribution in [3.63, 3.8) is 0 Å². The third-order valence-corrected chi connectivity index (χ3v) is 5.41. The van der Waals surface area contributed by atoms with E-state index in [1.807, 2.05) is 16.3 Å². The summed E-state index contributed by atoms with van der Waals surface area (Å²) in [6, 6.07) is 2.53. The largest absolute Gasteiger partial charge is 0.496 e.